The molecule has 1 aromatic heterocycles. The van der Waals surface area contributed by atoms with Crippen molar-refractivity contribution in [1.82, 2.24) is 0 Å². The molecule has 0 aliphatic carbocycles. The molecular formula is C29H29NO4. The molecule has 2 N–H and O–H groups in total. The number of rotatable bonds is 9. The van der Waals surface area contributed by atoms with E-state index in [4.69, 9.17) is 4.42 Å². The Kier molecular flexibility index (Phi) is 7.43. The molecule has 1 atom stereocenters. The third-order valence-electron chi connectivity index (χ3n) is 6.11. The van der Waals surface area contributed by atoms with Gasteiger partial charge in [0.2, 0.25) is 5.91 Å². The van der Waals surface area contributed by atoms with Crippen LogP contribution in [0.1, 0.15) is 55.2 Å². The molecule has 0 fully saturated rings. The molecule has 5 heteroatoms. The standard InChI is InChI=1S/C29H29NO4/c1-2-23(27-28(32)24-16-7-8-17-25(24)34-29(27)33)21-14-10-15-22(19-21)30-26(31)18-9-6-13-20-11-4-3-5-12-20/h3-5,7-8,10-12,14-17,19,23,32H,2,6,9,13,18H2,1H3,(H,30,31). The van der Waals surface area contributed by atoms with Crippen LogP contribution in [0.5, 0.6) is 5.75 Å². The fourth-order valence-corrected chi connectivity index (χ4v) is 4.38. The molecule has 1 amide bonds. The minimum atomic E-state index is -0.545. The van der Waals surface area contributed by atoms with Gasteiger partial charge < -0.3 is 14.8 Å². The predicted octanol–water partition coefficient (Wildman–Crippen LogP) is 6.39. The van der Waals surface area contributed by atoms with Gasteiger partial charge in [0, 0.05) is 18.0 Å². The highest BCUT2D eigenvalue weighted by molar-refractivity contribution is 5.90. The first-order valence-electron chi connectivity index (χ1n) is 11.7. The van der Waals surface area contributed by atoms with Crippen molar-refractivity contribution in [1.29, 1.82) is 0 Å². The van der Waals surface area contributed by atoms with Gasteiger partial charge in [-0.05, 0) is 61.1 Å². The number of nitrogens with one attached hydrogen (secondary N) is 1. The summed E-state index contributed by atoms with van der Waals surface area (Å²) in [6.45, 7) is 1.96. The number of aromatic hydroxyl groups is 1. The molecule has 4 aromatic rings. The first-order valence-corrected chi connectivity index (χ1v) is 11.7. The summed E-state index contributed by atoms with van der Waals surface area (Å²) in [5.74, 6) is -0.443. The predicted molar refractivity (Wildman–Crippen MR) is 135 cm³/mol. The molecule has 0 aliphatic heterocycles. The largest absolute Gasteiger partial charge is 0.507 e. The average Bonchev–Trinajstić information content (AvgIpc) is 2.85. The van der Waals surface area contributed by atoms with Crippen LogP contribution in [0.4, 0.5) is 5.69 Å². The van der Waals surface area contributed by atoms with Crippen molar-refractivity contribution in [2.45, 2.75) is 44.9 Å². The number of amides is 1. The number of unbranched alkanes of at least 4 members (excludes halogenated alkanes) is 1. The molecule has 0 aliphatic rings. The monoisotopic (exact) mass is 455 g/mol. The molecular weight excluding hydrogens is 426 g/mol. The van der Waals surface area contributed by atoms with E-state index in [-0.39, 0.29) is 23.1 Å². The summed E-state index contributed by atoms with van der Waals surface area (Å²) in [6, 6.07) is 24.7. The molecule has 0 saturated carbocycles. The number of para-hydroxylation sites is 1. The van der Waals surface area contributed by atoms with Crippen LogP contribution in [0.15, 0.2) is 88.1 Å². The Balaban J connectivity index is 1.45. The topological polar surface area (TPSA) is 79.5 Å². The van der Waals surface area contributed by atoms with Gasteiger partial charge in [0.1, 0.15) is 11.3 Å². The lowest BCUT2D eigenvalue weighted by molar-refractivity contribution is -0.116. The van der Waals surface area contributed by atoms with Crippen molar-refractivity contribution in [2.75, 3.05) is 5.32 Å². The van der Waals surface area contributed by atoms with Crippen molar-refractivity contribution >= 4 is 22.6 Å². The number of aryl methyl sites for hydroxylation is 1. The van der Waals surface area contributed by atoms with Gasteiger partial charge in [0.25, 0.3) is 0 Å². The highest BCUT2D eigenvalue weighted by Crippen LogP contribution is 2.36. The van der Waals surface area contributed by atoms with E-state index < -0.39 is 5.63 Å². The Morgan fingerprint density at radius 2 is 1.74 bits per heavy atom. The molecule has 5 nitrogen and oxygen atoms in total. The number of carbonyl (C=O) groups is 1. The van der Waals surface area contributed by atoms with Crippen molar-refractivity contribution < 1.29 is 14.3 Å². The molecule has 1 heterocycles. The summed E-state index contributed by atoms with van der Waals surface area (Å²) in [5.41, 5.74) is 2.84. The van der Waals surface area contributed by atoms with Crippen LogP contribution in [-0.4, -0.2) is 11.0 Å². The highest BCUT2D eigenvalue weighted by atomic mass is 16.4. The average molecular weight is 456 g/mol. The quantitative estimate of drug-likeness (QED) is 0.226. The minimum Gasteiger partial charge on any atom is -0.507 e. The third kappa shape index (κ3) is 5.37. The Morgan fingerprint density at radius 1 is 0.971 bits per heavy atom. The molecule has 34 heavy (non-hydrogen) atoms. The Bertz CT molecular complexity index is 1330. The van der Waals surface area contributed by atoms with Crippen LogP contribution in [0.2, 0.25) is 0 Å². The van der Waals surface area contributed by atoms with Gasteiger partial charge in [-0.25, -0.2) is 4.79 Å². The van der Waals surface area contributed by atoms with Gasteiger partial charge in [0.05, 0.1) is 10.9 Å². The van der Waals surface area contributed by atoms with Crippen LogP contribution >= 0.6 is 0 Å². The van der Waals surface area contributed by atoms with E-state index in [1.165, 1.54) is 5.56 Å². The van der Waals surface area contributed by atoms with Crippen molar-refractivity contribution in [3.8, 4) is 5.75 Å². The van der Waals surface area contributed by atoms with Crippen molar-refractivity contribution in [2.24, 2.45) is 0 Å². The highest BCUT2D eigenvalue weighted by Gasteiger charge is 2.23. The summed E-state index contributed by atoms with van der Waals surface area (Å²) in [5, 5.41) is 14.4. The number of fused-ring (bicyclic) bond motifs is 1. The van der Waals surface area contributed by atoms with Crippen molar-refractivity contribution in [3.63, 3.8) is 0 Å². The normalized spacial score (nSPS) is 11.9. The fourth-order valence-electron chi connectivity index (χ4n) is 4.38. The Morgan fingerprint density at radius 3 is 2.53 bits per heavy atom. The van der Waals surface area contributed by atoms with E-state index in [0.29, 0.717) is 29.5 Å². The van der Waals surface area contributed by atoms with E-state index in [1.54, 1.807) is 24.3 Å². The van der Waals surface area contributed by atoms with Gasteiger partial charge in [-0.2, -0.15) is 0 Å². The summed E-state index contributed by atoms with van der Waals surface area (Å²) < 4.78 is 5.47. The van der Waals surface area contributed by atoms with E-state index in [0.717, 1.165) is 24.8 Å². The zero-order valence-corrected chi connectivity index (χ0v) is 19.3. The smallest absolute Gasteiger partial charge is 0.343 e. The van der Waals surface area contributed by atoms with E-state index in [9.17, 15) is 14.7 Å². The molecule has 0 radical (unpaired) electrons. The third-order valence-corrected chi connectivity index (χ3v) is 6.11. The van der Waals surface area contributed by atoms with Gasteiger partial charge >= 0.3 is 5.63 Å². The van der Waals surface area contributed by atoms with Gasteiger partial charge in [0.15, 0.2) is 0 Å². The van der Waals surface area contributed by atoms with Crippen LogP contribution < -0.4 is 10.9 Å². The fraction of sp³-hybridized carbons (Fsp3) is 0.241. The summed E-state index contributed by atoms with van der Waals surface area (Å²) in [7, 11) is 0. The lowest BCUT2D eigenvalue weighted by Crippen LogP contribution is -2.15. The second-order valence-electron chi connectivity index (χ2n) is 8.48. The summed E-state index contributed by atoms with van der Waals surface area (Å²) in [4.78, 5) is 25.2. The maximum Gasteiger partial charge on any atom is 0.343 e. The second kappa shape index (κ2) is 10.8. The SMILES string of the molecule is CCC(c1cccc(NC(=O)CCCCc2ccccc2)c1)c1c(O)c2ccccc2oc1=O. The molecule has 4 rings (SSSR count). The maximum absolute atomic E-state index is 12.7. The number of anilines is 1. The molecule has 3 aromatic carbocycles. The lowest BCUT2D eigenvalue weighted by atomic mass is 9.88. The minimum absolute atomic E-state index is 0.0358. The molecule has 0 saturated heterocycles. The maximum atomic E-state index is 12.7. The van der Waals surface area contributed by atoms with Gasteiger partial charge in [-0.15, -0.1) is 0 Å². The Labute approximate surface area is 199 Å². The Hall–Kier alpha value is -3.86. The number of carbonyl (C=O) groups excluding carboxylic acids is 1. The van der Waals surface area contributed by atoms with Crippen LogP contribution in [0, 0.1) is 0 Å². The number of hydrogen-bond acceptors (Lipinski definition) is 4. The molecule has 0 bridgehead atoms. The van der Waals surface area contributed by atoms with Crippen molar-refractivity contribution in [3.05, 3.63) is 106 Å². The van der Waals surface area contributed by atoms with Gasteiger partial charge in [-0.1, -0.05) is 61.5 Å². The number of hydrogen-bond donors (Lipinski definition) is 2. The van der Waals surface area contributed by atoms with Crippen LogP contribution in [-0.2, 0) is 11.2 Å². The zero-order valence-electron chi connectivity index (χ0n) is 19.3. The molecule has 0 spiro atoms. The van der Waals surface area contributed by atoms with Crippen LogP contribution in [0.3, 0.4) is 0 Å². The molecule has 174 valence electrons. The number of benzene rings is 3. The van der Waals surface area contributed by atoms with E-state index in [2.05, 4.69) is 17.4 Å². The zero-order chi connectivity index (χ0) is 23.9. The van der Waals surface area contributed by atoms with E-state index in [1.807, 2.05) is 49.4 Å². The lowest BCUT2D eigenvalue weighted by Gasteiger charge is -2.18. The summed E-state index contributed by atoms with van der Waals surface area (Å²) in [6.07, 6.45) is 3.76. The van der Waals surface area contributed by atoms with E-state index >= 15 is 0 Å². The second-order valence-corrected chi connectivity index (χ2v) is 8.48. The van der Waals surface area contributed by atoms with Crippen LogP contribution in [0.25, 0.3) is 11.0 Å². The summed E-state index contributed by atoms with van der Waals surface area (Å²) >= 11 is 0. The first-order chi connectivity index (χ1) is 16.6. The first kappa shape index (κ1) is 23.3. The molecule has 1 unspecified atom stereocenters. The van der Waals surface area contributed by atoms with Gasteiger partial charge in [-0.3, -0.25) is 4.79 Å².